The molecule has 1 saturated heterocycles. The summed E-state index contributed by atoms with van der Waals surface area (Å²) in [7, 11) is 2.09. The molecule has 0 aliphatic carbocycles. The number of nitro groups is 1. The van der Waals surface area contributed by atoms with Crippen molar-refractivity contribution in [1.29, 1.82) is 0 Å². The molecule has 6 nitrogen and oxygen atoms in total. The Bertz CT molecular complexity index is 521. The molecule has 0 bridgehead atoms. The van der Waals surface area contributed by atoms with Gasteiger partial charge in [0.1, 0.15) is 11.5 Å². The molecule has 8 heteroatoms. The van der Waals surface area contributed by atoms with Crippen molar-refractivity contribution in [2.45, 2.75) is 0 Å². The molecular formula is C13H18BrFN4O2. The highest BCUT2D eigenvalue weighted by molar-refractivity contribution is 9.10. The van der Waals surface area contributed by atoms with E-state index in [0.717, 1.165) is 38.8 Å². The second-order valence-electron chi connectivity index (χ2n) is 5.11. The SMILES string of the molecule is CN1CCN(CCNc2cc(F)c(Br)cc2[N+](=O)[O-])CC1. The van der Waals surface area contributed by atoms with E-state index < -0.39 is 10.7 Å². The van der Waals surface area contributed by atoms with Crippen LogP contribution in [0.2, 0.25) is 0 Å². The number of nitrogens with zero attached hydrogens (tertiary/aromatic N) is 3. The van der Waals surface area contributed by atoms with Gasteiger partial charge < -0.3 is 10.2 Å². The average Bonchev–Trinajstić information content (AvgIpc) is 2.44. The number of benzene rings is 1. The molecule has 0 amide bonds. The van der Waals surface area contributed by atoms with Gasteiger partial charge in [-0.2, -0.15) is 0 Å². The van der Waals surface area contributed by atoms with Gasteiger partial charge in [-0.1, -0.05) is 0 Å². The molecule has 1 aromatic carbocycles. The molecule has 0 saturated carbocycles. The van der Waals surface area contributed by atoms with Crippen LogP contribution in [0.25, 0.3) is 0 Å². The predicted molar refractivity (Wildman–Crippen MR) is 83.2 cm³/mol. The maximum Gasteiger partial charge on any atom is 0.293 e. The van der Waals surface area contributed by atoms with Crippen LogP contribution in [0.4, 0.5) is 15.8 Å². The monoisotopic (exact) mass is 360 g/mol. The summed E-state index contributed by atoms with van der Waals surface area (Å²) in [5.41, 5.74) is 0.0940. The number of hydrogen-bond donors (Lipinski definition) is 1. The summed E-state index contributed by atoms with van der Waals surface area (Å²) in [5.74, 6) is -0.511. The maximum absolute atomic E-state index is 13.5. The minimum absolute atomic E-state index is 0.0961. The summed E-state index contributed by atoms with van der Waals surface area (Å²) in [6, 6.07) is 2.35. The molecule has 1 N–H and O–H groups in total. The lowest BCUT2D eigenvalue weighted by molar-refractivity contribution is -0.384. The summed E-state index contributed by atoms with van der Waals surface area (Å²) in [6.07, 6.45) is 0. The Balaban J connectivity index is 1.93. The standard InChI is InChI=1S/C13H18BrFN4O2/c1-17-4-6-18(7-5-17)3-2-16-12-9-11(15)10(14)8-13(12)19(20)21/h8-9,16H,2-7H2,1H3. The number of nitrogens with one attached hydrogen (secondary N) is 1. The molecule has 21 heavy (non-hydrogen) atoms. The van der Waals surface area contributed by atoms with E-state index in [2.05, 4.69) is 38.1 Å². The van der Waals surface area contributed by atoms with Crippen LogP contribution >= 0.6 is 15.9 Å². The Hall–Kier alpha value is -1.25. The Morgan fingerprint density at radius 3 is 2.67 bits per heavy atom. The van der Waals surface area contributed by atoms with Crippen LogP contribution in [0.15, 0.2) is 16.6 Å². The molecule has 0 aromatic heterocycles. The van der Waals surface area contributed by atoms with E-state index in [4.69, 9.17) is 0 Å². The van der Waals surface area contributed by atoms with Gasteiger partial charge in [0, 0.05) is 51.4 Å². The largest absolute Gasteiger partial charge is 0.378 e. The van der Waals surface area contributed by atoms with E-state index >= 15 is 0 Å². The number of halogens is 2. The van der Waals surface area contributed by atoms with Crippen LogP contribution in [-0.4, -0.2) is 61.0 Å². The van der Waals surface area contributed by atoms with E-state index in [9.17, 15) is 14.5 Å². The van der Waals surface area contributed by atoms with Gasteiger partial charge in [-0.25, -0.2) is 4.39 Å². The molecule has 1 heterocycles. The number of rotatable bonds is 5. The third kappa shape index (κ3) is 4.36. The van der Waals surface area contributed by atoms with Crippen molar-refractivity contribution in [3.63, 3.8) is 0 Å². The van der Waals surface area contributed by atoms with E-state index in [1.807, 2.05) is 0 Å². The molecule has 1 aliphatic heterocycles. The Morgan fingerprint density at radius 2 is 2.05 bits per heavy atom. The van der Waals surface area contributed by atoms with Crippen molar-refractivity contribution in [1.82, 2.24) is 9.80 Å². The van der Waals surface area contributed by atoms with Crippen LogP contribution < -0.4 is 5.32 Å². The van der Waals surface area contributed by atoms with Gasteiger partial charge in [-0.15, -0.1) is 0 Å². The molecule has 1 aromatic rings. The fraction of sp³-hybridized carbons (Fsp3) is 0.538. The van der Waals surface area contributed by atoms with Crippen LogP contribution in [0, 0.1) is 15.9 Å². The number of hydrogen-bond acceptors (Lipinski definition) is 5. The van der Waals surface area contributed by atoms with Gasteiger partial charge in [0.15, 0.2) is 0 Å². The lowest BCUT2D eigenvalue weighted by Gasteiger charge is -2.32. The summed E-state index contributed by atoms with van der Waals surface area (Å²) >= 11 is 2.96. The van der Waals surface area contributed by atoms with Crippen LogP contribution in [0.5, 0.6) is 0 Å². The zero-order valence-corrected chi connectivity index (χ0v) is 13.4. The smallest absolute Gasteiger partial charge is 0.293 e. The zero-order valence-electron chi connectivity index (χ0n) is 11.8. The van der Waals surface area contributed by atoms with Crippen molar-refractivity contribution in [3.8, 4) is 0 Å². The highest BCUT2D eigenvalue weighted by Gasteiger charge is 2.18. The lowest BCUT2D eigenvalue weighted by Crippen LogP contribution is -2.45. The lowest BCUT2D eigenvalue weighted by atomic mass is 10.2. The van der Waals surface area contributed by atoms with Crippen molar-refractivity contribution in [2.24, 2.45) is 0 Å². The van der Waals surface area contributed by atoms with E-state index in [1.54, 1.807) is 0 Å². The van der Waals surface area contributed by atoms with Gasteiger partial charge in [0.25, 0.3) is 5.69 Å². The number of likely N-dealkylation sites (N-methyl/N-ethyl adjacent to an activating group) is 1. The summed E-state index contributed by atoms with van der Waals surface area (Å²) in [6.45, 7) is 5.33. The predicted octanol–water partition coefficient (Wildman–Crippen LogP) is 2.16. The summed E-state index contributed by atoms with van der Waals surface area (Å²) in [5, 5.41) is 14.0. The highest BCUT2D eigenvalue weighted by Crippen LogP contribution is 2.30. The van der Waals surface area contributed by atoms with Crippen molar-refractivity contribution < 1.29 is 9.31 Å². The average molecular weight is 361 g/mol. The Kier molecular flexibility index (Phi) is 5.49. The van der Waals surface area contributed by atoms with Crippen LogP contribution in [0.3, 0.4) is 0 Å². The zero-order chi connectivity index (χ0) is 15.4. The molecule has 0 unspecified atom stereocenters. The second kappa shape index (κ2) is 7.15. The van der Waals surface area contributed by atoms with Gasteiger partial charge in [-0.05, 0) is 23.0 Å². The summed E-state index contributed by atoms with van der Waals surface area (Å²) in [4.78, 5) is 15.0. The minimum atomic E-state index is -0.512. The fourth-order valence-corrected chi connectivity index (χ4v) is 2.58. The van der Waals surface area contributed by atoms with Crippen LogP contribution in [-0.2, 0) is 0 Å². The molecule has 116 valence electrons. The van der Waals surface area contributed by atoms with E-state index in [-0.39, 0.29) is 15.8 Å². The molecule has 1 fully saturated rings. The van der Waals surface area contributed by atoms with Crippen molar-refractivity contribution in [2.75, 3.05) is 51.6 Å². The van der Waals surface area contributed by atoms with E-state index in [0.29, 0.717) is 6.54 Å². The molecule has 2 rings (SSSR count). The van der Waals surface area contributed by atoms with E-state index in [1.165, 1.54) is 6.07 Å². The summed E-state index contributed by atoms with van der Waals surface area (Å²) < 4.78 is 13.6. The first-order valence-electron chi connectivity index (χ1n) is 6.75. The van der Waals surface area contributed by atoms with Crippen LogP contribution in [0.1, 0.15) is 0 Å². The number of nitro benzene ring substituents is 1. The fourth-order valence-electron chi connectivity index (χ4n) is 2.25. The van der Waals surface area contributed by atoms with Crippen molar-refractivity contribution in [3.05, 3.63) is 32.5 Å². The molecule has 1 aliphatic rings. The quantitative estimate of drug-likeness (QED) is 0.643. The maximum atomic E-state index is 13.5. The highest BCUT2D eigenvalue weighted by atomic mass is 79.9. The first kappa shape index (κ1) is 16.1. The molecule has 0 radical (unpaired) electrons. The first-order chi connectivity index (χ1) is 9.97. The second-order valence-corrected chi connectivity index (χ2v) is 5.97. The Morgan fingerprint density at radius 1 is 1.38 bits per heavy atom. The topological polar surface area (TPSA) is 61.6 Å². The third-order valence-corrected chi connectivity index (χ3v) is 4.18. The molecule has 0 spiro atoms. The first-order valence-corrected chi connectivity index (χ1v) is 7.55. The normalized spacial score (nSPS) is 16.9. The van der Waals surface area contributed by atoms with Gasteiger partial charge >= 0.3 is 0 Å². The third-order valence-electron chi connectivity index (χ3n) is 3.57. The van der Waals surface area contributed by atoms with Gasteiger partial charge in [0.2, 0.25) is 0 Å². The molecule has 0 atom stereocenters. The number of piperazine rings is 1. The minimum Gasteiger partial charge on any atom is -0.378 e. The van der Waals surface area contributed by atoms with Crippen molar-refractivity contribution >= 4 is 27.3 Å². The number of anilines is 1. The van der Waals surface area contributed by atoms with Gasteiger partial charge in [0.05, 0.1) is 9.40 Å². The van der Waals surface area contributed by atoms with Gasteiger partial charge in [-0.3, -0.25) is 15.0 Å². The Labute approximate surface area is 131 Å². The molecular weight excluding hydrogens is 343 g/mol.